The summed E-state index contributed by atoms with van der Waals surface area (Å²) in [6.45, 7) is 5.86. The van der Waals surface area contributed by atoms with Crippen LogP contribution in [0.2, 0.25) is 0 Å². The van der Waals surface area contributed by atoms with Gasteiger partial charge in [0.15, 0.2) is 0 Å². The van der Waals surface area contributed by atoms with Crippen LogP contribution in [0.5, 0.6) is 5.75 Å². The molecular weight excluding hydrogens is 412 g/mol. The summed E-state index contributed by atoms with van der Waals surface area (Å²) < 4.78 is 32.6. The Morgan fingerprint density at radius 1 is 0.935 bits per heavy atom. The van der Waals surface area contributed by atoms with Gasteiger partial charge in [0.05, 0.1) is 17.7 Å². The largest absolute Gasteiger partial charge is 0.497 e. The molecule has 3 aromatic carbocycles. The Morgan fingerprint density at radius 3 is 2.13 bits per heavy atom. The standard InChI is InChI=1S/C24H26N2O4S/c1-16-13-17(2)23(18(3)14-16)25-24(27)19-7-6-8-22(15-19)31(28,29)26(4)20-9-11-21(30-5)12-10-20/h6-15H,1-5H3,(H,25,27). The third kappa shape index (κ3) is 4.72. The number of nitrogens with zero attached hydrogens (tertiary/aromatic N) is 1. The average molecular weight is 439 g/mol. The molecule has 1 amide bonds. The van der Waals surface area contributed by atoms with Gasteiger partial charge in [0.25, 0.3) is 15.9 Å². The summed E-state index contributed by atoms with van der Waals surface area (Å²) >= 11 is 0. The summed E-state index contributed by atoms with van der Waals surface area (Å²) in [6, 6.07) is 16.7. The molecule has 0 heterocycles. The Kier molecular flexibility index (Phi) is 6.36. The minimum absolute atomic E-state index is 0.0378. The smallest absolute Gasteiger partial charge is 0.264 e. The van der Waals surface area contributed by atoms with Crippen molar-refractivity contribution in [3.05, 3.63) is 82.9 Å². The molecule has 0 saturated heterocycles. The van der Waals surface area contributed by atoms with E-state index in [1.165, 1.54) is 23.5 Å². The second-order valence-corrected chi connectivity index (χ2v) is 9.40. The van der Waals surface area contributed by atoms with Gasteiger partial charge in [-0.05, 0) is 74.4 Å². The van der Waals surface area contributed by atoms with Crippen LogP contribution >= 0.6 is 0 Å². The van der Waals surface area contributed by atoms with Crippen LogP contribution in [0, 0.1) is 20.8 Å². The molecule has 7 heteroatoms. The van der Waals surface area contributed by atoms with Gasteiger partial charge in [0.2, 0.25) is 0 Å². The molecule has 0 spiro atoms. The zero-order valence-electron chi connectivity index (χ0n) is 18.3. The van der Waals surface area contributed by atoms with Crippen LogP contribution < -0.4 is 14.4 Å². The van der Waals surface area contributed by atoms with E-state index in [9.17, 15) is 13.2 Å². The van der Waals surface area contributed by atoms with Gasteiger partial charge in [0, 0.05) is 18.3 Å². The van der Waals surface area contributed by atoms with Gasteiger partial charge in [0.1, 0.15) is 5.75 Å². The number of hydrogen-bond donors (Lipinski definition) is 1. The Labute approximate surface area is 183 Å². The van der Waals surface area contributed by atoms with E-state index < -0.39 is 10.0 Å². The molecule has 6 nitrogen and oxygen atoms in total. The minimum atomic E-state index is -3.85. The summed E-state index contributed by atoms with van der Waals surface area (Å²) in [5.74, 6) is 0.272. The lowest BCUT2D eigenvalue weighted by Crippen LogP contribution is -2.26. The average Bonchev–Trinajstić information content (AvgIpc) is 2.75. The summed E-state index contributed by atoms with van der Waals surface area (Å²) in [5, 5.41) is 2.91. The quantitative estimate of drug-likeness (QED) is 0.605. The van der Waals surface area contributed by atoms with Crippen molar-refractivity contribution in [3.8, 4) is 5.75 Å². The first kappa shape index (κ1) is 22.4. The Bertz CT molecular complexity index is 1200. The third-order valence-electron chi connectivity index (χ3n) is 5.11. The summed E-state index contributed by atoms with van der Waals surface area (Å²) in [6.07, 6.45) is 0. The molecular formula is C24H26N2O4S. The second-order valence-electron chi connectivity index (χ2n) is 7.43. The fourth-order valence-corrected chi connectivity index (χ4v) is 4.69. The molecule has 0 aliphatic heterocycles. The van der Waals surface area contributed by atoms with Crippen LogP contribution in [0.1, 0.15) is 27.0 Å². The van der Waals surface area contributed by atoms with Crippen LogP contribution in [0.25, 0.3) is 0 Å². The lowest BCUT2D eigenvalue weighted by molar-refractivity contribution is 0.102. The third-order valence-corrected chi connectivity index (χ3v) is 6.89. The molecule has 0 unspecified atom stereocenters. The van der Waals surface area contributed by atoms with E-state index in [0.717, 1.165) is 22.4 Å². The monoisotopic (exact) mass is 438 g/mol. The highest BCUT2D eigenvalue weighted by Crippen LogP contribution is 2.26. The number of hydrogen-bond acceptors (Lipinski definition) is 4. The van der Waals surface area contributed by atoms with Crippen LogP contribution in [0.4, 0.5) is 11.4 Å². The van der Waals surface area contributed by atoms with E-state index in [2.05, 4.69) is 5.32 Å². The van der Waals surface area contributed by atoms with E-state index >= 15 is 0 Å². The molecule has 162 valence electrons. The number of nitrogens with one attached hydrogen (secondary N) is 1. The normalized spacial score (nSPS) is 11.1. The summed E-state index contributed by atoms with van der Waals surface area (Å²) in [7, 11) is -0.828. The van der Waals surface area contributed by atoms with E-state index in [1.54, 1.807) is 43.5 Å². The molecule has 0 aliphatic carbocycles. The molecule has 0 radical (unpaired) electrons. The highest BCUT2D eigenvalue weighted by molar-refractivity contribution is 7.92. The predicted octanol–water partition coefficient (Wildman–Crippen LogP) is 4.70. The zero-order chi connectivity index (χ0) is 22.8. The first-order valence-corrected chi connectivity index (χ1v) is 11.2. The molecule has 0 aliphatic rings. The maximum Gasteiger partial charge on any atom is 0.264 e. The van der Waals surface area contributed by atoms with E-state index in [1.807, 2.05) is 32.9 Å². The molecule has 0 atom stereocenters. The Balaban J connectivity index is 1.88. The highest BCUT2D eigenvalue weighted by Gasteiger charge is 2.23. The van der Waals surface area contributed by atoms with Gasteiger partial charge in [-0.2, -0.15) is 0 Å². The van der Waals surface area contributed by atoms with Gasteiger partial charge in [-0.1, -0.05) is 23.8 Å². The molecule has 1 N–H and O–H groups in total. The maximum absolute atomic E-state index is 13.1. The number of aryl methyl sites for hydroxylation is 3. The lowest BCUT2D eigenvalue weighted by atomic mass is 10.0. The summed E-state index contributed by atoms with van der Waals surface area (Å²) in [5.41, 5.74) is 4.51. The first-order chi connectivity index (χ1) is 14.6. The molecule has 0 bridgehead atoms. The van der Waals surface area contributed by atoms with Gasteiger partial charge in [-0.3, -0.25) is 9.10 Å². The van der Waals surface area contributed by atoms with E-state index in [0.29, 0.717) is 11.4 Å². The van der Waals surface area contributed by atoms with Gasteiger partial charge in [-0.15, -0.1) is 0 Å². The molecule has 31 heavy (non-hydrogen) atoms. The number of ether oxygens (including phenoxy) is 1. The number of carbonyl (C=O) groups is 1. The van der Waals surface area contributed by atoms with E-state index in [4.69, 9.17) is 4.74 Å². The van der Waals surface area contributed by atoms with Crippen molar-refractivity contribution >= 4 is 27.3 Å². The number of carbonyl (C=O) groups excluding carboxylic acids is 1. The second kappa shape index (κ2) is 8.81. The number of methoxy groups -OCH3 is 1. The number of amides is 1. The number of benzene rings is 3. The van der Waals surface area contributed by atoms with Crippen LogP contribution in [0.15, 0.2) is 65.6 Å². The van der Waals surface area contributed by atoms with Gasteiger partial charge < -0.3 is 10.1 Å². The van der Waals surface area contributed by atoms with Crippen molar-refractivity contribution in [2.75, 3.05) is 23.8 Å². The predicted molar refractivity (Wildman–Crippen MR) is 124 cm³/mol. The molecule has 0 saturated carbocycles. The van der Waals surface area contributed by atoms with Gasteiger partial charge >= 0.3 is 0 Å². The van der Waals surface area contributed by atoms with Crippen molar-refractivity contribution in [3.63, 3.8) is 0 Å². The lowest BCUT2D eigenvalue weighted by Gasteiger charge is -2.20. The maximum atomic E-state index is 13.1. The van der Waals surface area contributed by atoms with Crippen molar-refractivity contribution in [1.82, 2.24) is 0 Å². The highest BCUT2D eigenvalue weighted by atomic mass is 32.2. The topological polar surface area (TPSA) is 75.7 Å². The van der Waals surface area contributed by atoms with Crippen molar-refractivity contribution in [1.29, 1.82) is 0 Å². The minimum Gasteiger partial charge on any atom is -0.497 e. The van der Waals surface area contributed by atoms with Crippen LogP contribution in [-0.2, 0) is 10.0 Å². The fraction of sp³-hybridized carbons (Fsp3) is 0.208. The fourth-order valence-electron chi connectivity index (χ4n) is 3.45. The Hall–Kier alpha value is -3.32. The molecule has 0 aromatic heterocycles. The number of rotatable bonds is 6. The van der Waals surface area contributed by atoms with Crippen LogP contribution in [0.3, 0.4) is 0 Å². The number of anilines is 2. The van der Waals surface area contributed by atoms with Crippen molar-refractivity contribution in [2.24, 2.45) is 0 Å². The van der Waals surface area contributed by atoms with Crippen LogP contribution in [-0.4, -0.2) is 28.5 Å². The SMILES string of the molecule is COc1ccc(N(C)S(=O)(=O)c2cccc(C(=O)Nc3c(C)cc(C)cc3C)c2)cc1. The van der Waals surface area contributed by atoms with Crippen molar-refractivity contribution in [2.45, 2.75) is 25.7 Å². The van der Waals surface area contributed by atoms with Gasteiger partial charge in [-0.25, -0.2) is 8.42 Å². The molecule has 0 fully saturated rings. The molecule has 3 aromatic rings. The van der Waals surface area contributed by atoms with Crippen molar-refractivity contribution < 1.29 is 17.9 Å². The Morgan fingerprint density at radius 2 is 1.55 bits per heavy atom. The number of sulfonamides is 1. The molecule has 3 rings (SSSR count). The summed E-state index contributed by atoms with van der Waals surface area (Å²) in [4.78, 5) is 12.9. The first-order valence-electron chi connectivity index (χ1n) is 9.75. The zero-order valence-corrected chi connectivity index (χ0v) is 19.1. The van der Waals surface area contributed by atoms with E-state index in [-0.39, 0.29) is 16.4 Å².